The molecule has 2 aromatic heterocycles. The first-order valence-corrected chi connectivity index (χ1v) is 7.77. The second-order valence-electron chi connectivity index (χ2n) is 5.65. The number of hydrogen-bond donors (Lipinski definition) is 1. The van der Waals surface area contributed by atoms with E-state index >= 15 is 0 Å². The van der Waals surface area contributed by atoms with Crippen molar-refractivity contribution in [2.75, 3.05) is 16.8 Å². The minimum absolute atomic E-state index is 0.576. The van der Waals surface area contributed by atoms with E-state index in [4.69, 9.17) is 4.42 Å². The van der Waals surface area contributed by atoms with Crippen LogP contribution in [-0.4, -0.2) is 16.5 Å². The van der Waals surface area contributed by atoms with E-state index < -0.39 is 0 Å². The van der Waals surface area contributed by atoms with Crippen molar-refractivity contribution in [3.63, 3.8) is 0 Å². The van der Waals surface area contributed by atoms with Gasteiger partial charge in [0.2, 0.25) is 5.95 Å². The van der Waals surface area contributed by atoms with Crippen molar-refractivity contribution in [2.45, 2.75) is 19.9 Å². The number of rotatable bonds is 4. The van der Waals surface area contributed by atoms with Gasteiger partial charge in [-0.1, -0.05) is 18.2 Å². The van der Waals surface area contributed by atoms with E-state index in [1.165, 1.54) is 11.3 Å². The standard InChI is InChI=1S/C18H18N4O/c1-13-11-17(22-9-8-14-5-2-3-7-16(14)22)21-18(20-13)19-12-15-6-4-10-23-15/h2-7,10-11H,8-9,12H2,1H3,(H,19,20,21). The van der Waals surface area contributed by atoms with Crippen LogP contribution in [0.1, 0.15) is 17.0 Å². The van der Waals surface area contributed by atoms with Gasteiger partial charge in [0.05, 0.1) is 12.8 Å². The Morgan fingerprint density at radius 3 is 2.96 bits per heavy atom. The molecular weight excluding hydrogens is 288 g/mol. The Bertz CT molecular complexity index is 814. The highest BCUT2D eigenvalue weighted by atomic mass is 16.3. The predicted octanol–water partition coefficient (Wildman–Crippen LogP) is 3.68. The lowest BCUT2D eigenvalue weighted by Gasteiger charge is -2.19. The Labute approximate surface area is 135 Å². The predicted molar refractivity (Wildman–Crippen MR) is 90.0 cm³/mol. The fourth-order valence-electron chi connectivity index (χ4n) is 2.92. The molecule has 116 valence electrons. The molecule has 0 radical (unpaired) electrons. The third kappa shape index (κ3) is 2.77. The molecule has 5 heteroatoms. The van der Waals surface area contributed by atoms with Crippen molar-refractivity contribution in [3.05, 3.63) is 65.7 Å². The number of para-hydroxylation sites is 1. The average Bonchev–Trinajstić information content (AvgIpc) is 3.22. The van der Waals surface area contributed by atoms with Gasteiger partial charge in [-0.15, -0.1) is 0 Å². The van der Waals surface area contributed by atoms with E-state index in [1.54, 1.807) is 6.26 Å². The van der Waals surface area contributed by atoms with Crippen LogP contribution in [0.25, 0.3) is 0 Å². The maximum atomic E-state index is 5.33. The molecule has 1 aromatic carbocycles. The van der Waals surface area contributed by atoms with Crippen molar-refractivity contribution in [1.29, 1.82) is 0 Å². The van der Waals surface area contributed by atoms with E-state index in [2.05, 4.69) is 44.5 Å². The quantitative estimate of drug-likeness (QED) is 0.797. The summed E-state index contributed by atoms with van der Waals surface area (Å²) >= 11 is 0. The molecular formula is C18H18N4O. The molecule has 0 spiro atoms. The van der Waals surface area contributed by atoms with Gasteiger partial charge in [0, 0.05) is 24.0 Å². The molecule has 3 aromatic rings. The molecule has 1 aliphatic heterocycles. The Kier molecular flexibility index (Phi) is 3.46. The minimum Gasteiger partial charge on any atom is -0.467 e. The number of fused-ring (bicyclic) bond motifs is 1. The smallest absolute Gasteiger partial charge is 0.225 e. The first kappa shape index (κ1) is 13.8. The Morgan fingerprint density at radius 1 is 1.17 bits per heavy atom. The van der Waals surface area contributed by atoms with E-state index in [-0.39, 0.29) is 0 Å². The molecule has 0 saturated carbocycles. The summed E-state index contributed by atoms with van der Waals surface area (Å²) in [7, 11) is 0. The van der Waals surface area contributed by atoms with Gasteiger partial charge in [-0.3, -0.25) is 0 Å². The number of furan rings is 1. The van der Waals surface area contributed by atoms with Gasteiger partial charge >= 0.3 is 0 Å². The first-order chi connectivity index (χ1) is 11.3. The highest BCUT2D eigenvalue weighted by Gasteiger charge is 2.21. The van der Waals surface area contributed by atoms with Crippen molar-refractivity contribution in [2.24, 2.45) is 0 Å². The Balaban J connectivity index is 1.60. The molecule has 23 heavy (non-hydrogen) atoms. The second-order valence-corrected chi connectivity index (χ2v) is 5.65. The number of hydrogen-bond acceptors (Lipinski definition) is 5. The van der Waals surface area contributed by atoms with Crippen LogP contribution >= 0.6 is 0 Å². The minimum atomic E-state index is 0.576. The van der Waals surface area contributed by atoms with E-state index in [0.717, 1.165) is 30.2 Å². The summed E-state index contributed by atoms with van der Waals surface area (Å²) < 4.78 is 5.33. The number of nitrogens with zero attached hydrogens (tertiary/aromatic N) is 3. The van der Waals surface area contributed by atoms with Crippen molar-refractivity contribution < 1.29 is 4.42 Å². The Morgan fingerprint density at radius 2 is 2.09 bits per heavy atom. The van der Waals surface area contributed by atoms with Crippen LogP contribution in [0.3, 0.4) is 0 Å². The second kappa shape index (κ2) is 5.76. The molecule has 5 nitrogen and oxygen atoms in total. The maximum Gasteiger partial charge on any atom is 0.225 e. The van der Waals surface area contributed by atoms with Gasteiger partial charge in [0.1, 0.15) is 11.6 Å². The SMILES string of the molecule is Cc1cc(N2CCc3ccccc32)nc(NCc2ccco2)n1. The molecule has 0 atom stereocenters. The summed E-state index contributed by atoms with van der Waals surface area (Å²) in [6, 6.07) is 14.3. The summed E-state index contributed by atoms with van der Waals surface area (Å²) in [6.45, 7) is 3.52. The zero-order valence-corrected chi connectivity index (χ0v) is 13.0. The molecule has 0 amide bonds. The fourth-order valence-corrected chi connectivity index (χ4v) is 2.92. The molecule has 0 fully saturated rings. The topological polar surface area (TPSA) is 54.2 Å². The van der Waals surface area contributed by atoms with Crippen LogP contribution in [0.15, 0.2) is 53.1 Å². The van der Waals surface area contributed by atoms with Gasteiger partial charge in [0.15, 0.2) is 0 Å². The normalized spacial score (nSPS) is 13.2. The van der Waals surface area contributed by atoms with Gasteiger partial charge in [0.25, 0.3) is 0 Å². The summed E-state index contributed by atoms with van der Waals surface area (Å²) in [5, 5.41) is 3.23. The molecule has 0 saturated heterocycles. The van der Waals surface area contributed by atoms with Crippen LogP contribution < -0.4 is 10.2 Å². The lowest BCUT2D eigenvalue weighted by Crippen LogP contribution is -2.16. The van der Waals surface area contributed by atoms with Crippen LogP contribution in [0.5, 0.6) is 0 Å². The number of aryl methyl sites for hydroxylation is 1. The summed E-state index contributed by atoms with van der Waals surface area (Å²) in [4.78, 5) is 11.4. The van der Waals surface area contributed by atoms with Crippen LogP contribution in [0.2, 0.25) is 0 Å². The monoisotopic (exact) mass is 306 g/mol. The van der Waals surface area contributed by atoms with Gasteiger partial charge in [-0.05, 0) is 37.1 Å². The summed E-state index contributed by atoms with van der Waals surface area (Å²) in [6.07, 6.45) is 2.72. The number of nitrogens with one attached hydrogen (secondary N) is 1. The largest absolute Gasteiger partial charge is 0.467 e. The molecule has 1 aliphatic rings. The number of anilines is 3. The molecule has 3 heterocycles. The van der Waals surface area contributed by atoms with Gasteiger partial charge in [-0.25, -0.2) is 4.98 Å². The van der Waals surface area contributed by atoms with E-state index in [9.17, 15) is 0 Å². The number of benzene rings is 1. The molecule has 1 N–H and O–H groups in total. The van der Waals surface area contributed by atoms with E-state index in [0.29, 0.717) is 12.5 Å². The van der Waals surface area contributed by atoms with Crippen LogP contribution in [-0.2, 0) is 13.0 Å². The zero-order chi connectivity index (χ0) is 15.6. The number of aromatic nitrogens is 2. The fraction of sp³-hybridized carbons (Fsp3) is 0.222. The lowest BCUT2D eigenvalue weighted by molar-refractivity contribution is 0.517. The molecule has 0 unspecified atom stereocenters. The van der Waals surface area contributed by atoms with Gasteiger partial charge < -0.3 is 14.6 Å². The van der Waals surface area contributed by atoms with E-state index in [1.807, 2.05) is 25.1 Å². The first-order valence-electron chi connectivity index (χ1n) is 7.77. The summed E-state index contributed by atoms with van der Waals surface area (Å²) in [5.74, 6) is 2.42. The van der Waals surface area contributed by atoms with Crippen LogP contribution in [0.4, 0.5) is 17.5 Å². The lowest BCUT2D eigenvalue weighted by atomic mass is 10.2. The maximum absolute atomic E-state index is 5.33. The van der Waals surface area contributed by atoms with Crippen molar-refractivity contribution in [3.8, 4) is 0 Å². The van der Waals surface area contributed by atoms with Crippen molar-refractivity contribution >= 4 is 17.5 Å². The third-order valence-electron chi connectivity index (χ3n) is 4.01. The highest BCUT2D eigenvalue weighted by Crippen LogP contribution is 2.33. The average molecular weight is 306 g/mol. The summed E-state index contributed by atoms with van der Waals surface area (Å²) in [5.41, 5.74) is 3.55. The molecule has 0 bridgehead atoms. The highest BCUT2D eigenvalue weighted by molar-refractivity contribution is 5.68. The van der Waals surface area contributed by atoms with Gasteiger partial charge in [-0.2, -0.15) is 4.98 Å². The molecule has 4 rings (SSSR count). The molecule has 0 aliphatic carbocycles. The zero-order valence-electron chi connectivity index (χ0n) is 13.0. The Hall–Kier alpha value is -2.82. The van der Waals surface area contributed by atoms with Crippen molar-refractivity contribution in [1.82, 2.24) is 9.97 Å². The third-order valence-corrected chi connectivity index (χ3v) is 4.01. The van der Waals surface area contributed by atoms with Crippen LogP contribution in [0, 0.1) is 6.92 Å².